The molecule has 2 rings (SSSR count). The summed E-state index contributed by atoms with van der Waals surface area (Å²) >= 11 is 11.9. The topological polar surface area (TPSA) is 46.6 Å². The summed E-state index contributed by atoms with van der Waals surface area (Å²) in [4.78, 5) is 25.7. The Bertz CT molecular complexity index is 758. The molecule has 0 unspecified atom stereocenters. The minimum absolute atomic E-state index is 0.186. The van der Waals surface area contributed by atoms with E-state index >= 15 is 0 Å². The fourth-order valence-corrected chi connectivity index (χ4v) is 2.79. The van der Waals surface area contributed by atoms with Crippen LogP contribution in [0.3, 0.4) is 0 Å². The Balaban J connectivity index is 2.34. The average Bonchev–Trinajstić information content (AvgIpc) is 2.56. The monoisotopic (exact) mass is 365 g/mol. The van der Waals surface area contributed by atoms with Crippen LogP contribution in [-0.2, 0) is 0 Å². The van der Waals surface area contributed by atoms with Crippen molar-refractivity contribution in [2.45, 2.75) is 13.8 Å². The Morgan fingerprint density at radius 2 is 1.83 bits per heavy atom. The van der Waals surface area contributed by atoms with E-state index in [9.17, 15) is 9.59 Å². The molecule has 0 saturated heterocycles. The van der Waals surface area contributed by atoms with Gasteiger partial charge in [-0.2, -0.15) is 0 Å². The Morgan fingerprint density at radius 1 is 1.12 bits per heavy atom. The summed E-state index contributed by atoms with van der Waals surface area (Å²) in [6.45, 7) is 5.65. The van der Waals surface area contributed by atoms with Crippen molar-refractivity contribution >= 4 is 41.1 Å². The Kier molecular flexibility index (Phi) is 6.23. The van der Waals surface area contributed by atoms with Gasteiger partial charge in [-0.3, -0.25) is 4.79 Å². The molecule has 126 valence electrons. The van der Waals surface area contributed by atoms with Gasteiger partial charge in [-0.05, 0) is 44.2 Å². The van der Waals surface area contributed by atoms with Gasteiger partial charge in [0.1, 0.15) is 5.75 Å². The van der Waals surface area contributed by atoms with Crippen molar-refractivity contribution < 1.29 is 14.3 Å². The van der Waals surface area contributed by atoms with Crippen LogP contribution in [0.25, 0.3) is 0 Å². The van der Waals surface area contributed by atoms with Crippen molar-refractivity contribution in [1.29, 1.82) is 0 Å². The molecule has 4 nitrogen and oxygen atoms in total. The first kappa shape index (κ1) is 18.3. The van der Waals surface area contributed by atoms with Gasteiger partial charge in [-0.1, -0.05) is 23.2 Å². The highest BCUT2D eigenvalue weighted by Gasteiger charge is 2.16. The Hall–Kier alpha value is -2.04. The van der Waals surface area contributed by atoms with Crippen LogP contribution in [0.2, 0.25) is 10.0 Å². The summed E-state index contributed by atoms with van der Waals surface area (Å²) in [7, 11) is 0. The van der Waals surface area contributed by atoms with Gasteiger partial charge in [-0.25, -0.2) is 4.79 Å². The summed E-state index contributed by atoms with van der Waals surface area (Å²) in [6, 6.07) is 9.64. The number of halogens is 2. The predicted molar refractivity (Wildman–Crippen MR) is 96.8 cm³/mol. The molecule has 0 bridgehead atoms. The molecule has 0 amide bonds. The zero-order valence-electron chi connectivity index (χ0n) is 13.4. The lowest BCUT2D eigenvalue weighted by molar-refractivity contribution is 0.0734. The molecule has 0 spiro atoms. The fourth-order valence-electron chi connectivity index (χ4n) is 2.30. The van der Waals surface area contributed by atoms with E-state index in [4.69, 9.17) is 27.9 Å². The van der Waals surface area contributed by atoms with Gasteiger partial charge in [-0.15, -0.1) is 0 Å². The highest BCUT2D eigenvalue weighted by Crippen LogP contribution is 2.27. The van der Waals surface area contributed by atoms with E-state index in [0.29, 0.717) is 16.9 Å². The number of carbonyl (C=O) groups is 2. The summed E-state index contributed by atoms with van der Waals surface area (Å²) in [5.74, 6) is -0.443. The summed E-state index contributed by atoms with van der Waals surface area (Å²) < 4.78 is 5.40. The SMILES string of the molecule is CCN(CC)c1ccc(C=O)c(OC(=O)c2ccc(Cl)cc2Cl)c1. The molecule has 2 aromatic rings. The lowest BCUT2D eigenvalue weighted by atomic mass is 10.1. The second kappa shape index (κ2) is 8.18. The lowest BCUT2D eigenvalue weighted by Crippen LogP contribution is -2.22. The molecule has 0 fully saturated rings. The average molecular weight is 366 g/mol. The van der Waals surface area contributed by atoms with E-state index in [1.54, 1.807) is 18.2 Å². The zero-order valence-corrected chi connectivity index (χ0v) is 14.9. The van der Waals surface area contributed by atoms with E-state index in [0.717, 1.165) is 18.8 Å². The van der Waals surface area contributed by atoms with Gasteiger partial charge in [0, 0.05) is 29.9 Å². The number of ether oxygens (including phenoxy) is 1. The van der Waals surface area contributed by atoms with E-state index in [-0.39, 0.29) is 16.3 Å². The third kappa shape index (κ3) is 4.08. The first-order valence-corrected chi connectivity index (χ1v) is 8.27. The minimum Gasteiger partial charge on any atom is -0.422 e. The fraction of sp³-hybridized carbons (Fsp3) is 0.222. The number of carbonyl (C=O) groups excluding carboxylic acids is 2. The van der Waals surface area contributed by atoms with Crippen molar-refractivity contribution in [3.05, 3.63) is 57.6 Å². The summed E-state index contributed by atoms with van der Waals surface area (Å²) in [6.07, 6.45) is 0.651. The van der Waals surface area contributed by atoms with Crippen molar-refractivity contribution in [2.24, 2.45) is 0 Å². The maximum atomic E-state index is 12.4. The van der Waals surface area contributed by atoms with Crippen LogP contribution in [0.5, 0.6) is 5.75 Å². The quantitative estimate of drug-likeness (QED) is 0.416. The summed E-state index contributed by atoms with van der Waals surface area (Å²) in [5, 5.41) is 0.619. The normalized spacial score (nSPS) is 10.3. The molecule has 0 aliphatic rings. The maximum absolute atomic E-state index is 12.4. The third-order valence-corrected chi connectivity index (χ3v) is 4.15. The van der Waals surface area contributed by atoms with E-state index in [1.165, 1.54) is 12.1 Å². The van der Waals surface area contributed by atoms with E-state index in [2.05, 4.69) is 4.90 Å². The molecule has 0 atom stereocenters. The number of hydrogen-bond acceptors (Lipinski definition) is 4. The van der Waals surface area contributed by atoms with Crippen LogP contribution >= 0.6 is 23.2 Å². The second-order valence-corrected chi connectivity index (χ2v) is 5.87. The van der Waals surface area contributed by atoms with Gasteiger partial charge in [0.2, 0.25) is 0 Å². The first-order chi connectivity index (χ1) is 11.5. The summed E-state index contributed by atoms with van der Waals surface area (Å²) in [5.41, 5.74) is 1.35. The van der Waals surface area contributed by atoms with Gasteiger partial charge in [0.25, 0.3) is 0 Å². The highest BCUT2D eigenvalue weighted by molar-refractivity contribution is 6.36. The maximum Gasteiger partial charge on any atom is 0.345 e. The highest BCUT2D eigenvalue weighted by atomic mass is 35.5. The first-order valence-electron chi connectivity index (χ1n) is 7.51. The molecule has 0 aromatic heterocycles. The molecule has 0 radical (unpaired) electrons. The number of benzene rings is 2. The van der Waals surface area contributed by atoms with Crippen LogP contribution < -0.4 is 9.64 Å². The number of esters is 1. The smallest absolute Gasteiger partial charge is 0.345 e. The molecule has 0 N–H and O–H groups in total. The molecule has 0 saturated carbocycles. The van der Waals surface area contributed by atoms with Gasteiger partial charge in [0.05, 0.1) is 16.1 Å². The Labute approximate surface area is 150 Å². The number of rotatable bonds is 6. The van der Waals surface area contributed by atoms with Gasteiger partial charge < -0.3 is 9.64 Å². The molecule has 0 heterocycles. The molecule has 0 aliphatic carbocycles. The van der Waals surface area contributed by atoms with Crippen LogP contribution in [0, 0.1) is 0 Å². The van der Waals surface area contributed by atoms with Crippen LogP contribution in [0.4, 0.5) is 5.69 Å². The van der Waals surface area contributed by atoms with Crippen molar-refractivity contribution in [2.75, 3.05) is 18.0 Å². The zero-order chi connectivity index (χ0) is 17.7. The van der Waals surface area contributed by atoms with Crippen molar-refractivity contribution in [3.63, 3.8) is 0 Å². The number of anilines is 1. The minimum atomic E-state index is -0.642. The van der Waals surface area contributed by atoms with Crippen molar-refractivity contribution in [1.82, 2.24) is 0 Å². The molecular formula is C18H17Cl2NO3. The molecule has 6 heteroatoms. The van der Waals surface area contributed by atoms with E-state index < -0.39 is 5.97 Å². The standard InChI is InChI=1S/C18H17Cl2NO3/c1-3-21(4-2)14-7-5-12(11-22)17(10-14)24-18(23)15-8-6-13(19)9-16(15)20/h5-11H,3-4H2,1-2H3. The number of aldehydes is 1. The largest absolute Gasteiger partial charge is 0.422 e. The van der Waals surface area contributed by atoms with Crippen LogP contribution in [0.1, 0.15) is 34.6 Å². The number of hydrogen-bond donors (Lipinski definition) is 0. The molecule has 0 aliphatic heterocycles. The third-order valence-electron chi connectivity index (χ3n) is 3.61. The molecular weight excluding hydrogens is 349 g/mol. The number of nitrogens with zero attached hydrogens (tertiary/aromatic N) is 1. The van der Waals surface area contributed by atoms with Crippen LogP contribution in [0.15, 0.2) is 36.4 Å². The molecule has 2 aromatic carbocycles. The molecule has 24 heavy (non-hydrogen) atoms. The van der Waals surface area contributed by atoms with E-state index in [1.807, 2.05) is 19.9 Å². The predicted octanol–water partition coefficient (Wildman–Crippen LogP) is 4.87. The van der Waals surface area contributed by atoms with Crippen molar-refractivity contribution in [3.8, 4) is 5.75 Å². The van der Waals surface area contributed by atoms with Gasteiger partial charge >= 0.3 is 5.97 Å². The van der Waals surface area contributed by atoms with Crippen LogP contribution in [-0.4, -0.2) is 25.3 Å². The second-order valence-electron chi connectivity index (χ2n) is 5.03. The lowest BCUT2D eigenvalue weighted by Gasteiger charge is -2.22. The Morgan fingerprint density at radius 3 is 2.42 bits per heavy atom. The van der Waals surface area contributed by atoms with Gasteiger partial charge in [0.15, 0.2) is 6.29 Å².